The second-order valence-corrected chi connectivity index (χ2v) is 7.23. The maximum Gasteiger partial charge on any atom is 0.127 e. The lowest BCUT2D eigenvalue weighted by molar-refractivity contribution is -0.0569. The van der Waals surface area contributed by atoms with Crippen molar-refractivity contribution in [1.29, 1.82) is 0 Å². The Morgan fingerprint density at radius 2 is 2.00 bits per heavy atom. The molecule has 1 saturated carbocycles. The van der Waals surface area contributed by atoms with Crippen molar-refractivity contribution < 1.29 is 9.84 Å². The molecule has 0 bridgehead atoms. The van der Waals surface area contributed by atoms with E-state index in [1.165, 1.54) is 17.2 Å². The minimum atomic E-state index is -0.866. The molecule has 1 aliphatic carbocycles. The minimum Gasteiger partial charge on any atom is -0.382 e. The highest BCUT2D eigenvalue weighted by Crippen LogP contribution is 2.60. The van der Waals surface area contributed by atoms with E-state index in [0.717, 1.165) is 44.1 Å². The monoisotopic (exact) mass is 310 g/mol. The van der Waals surface area contributed by atoms with E-state index in [-0.39, 0.29) is 11.7 Å². The highest BCUT2D eigenvalue weighted by Gasteiger charge is 2.69. The van der Waals surface area contributed by atoms with Crippen LogP contribution in [0.3, 0.4) is 0 Å². The van der Waals surface area contributed by atoms with Crippen LogP contribution in [-0.2, 0) is 10.3 Å². The Bertz CT molecular complexity index is 705. The van der Waals surface area contributed by atoms with Crippen molar-refractivity contribution in [3.8, 4) is 0 Å². The summed E-state index contributed by atoms with van der Waals surface area (Å²) in [5.74, 6) is 0. The predicted molar refractivity (Wildman–Crippen MR) is 93.4 cm³/mol. The second-order valence-electron chi connectivity index (χ2n) is 7.23. The summed E-state index contributed by atoms with van der Waals surface area (Å²) in [6.07, 6.45) is 7.62. The van der Waals surface area contributed by atoms with Gasteiger partial charge in [0.25, 0.3) is 0 Å². The zero-order chi connectivity index (χ0) is 15.9. The summed E-state index contributed by atoms with van der Waals surface area (Å²) in [5, 5.41) is 14.3. The van der Waals surface area contributed by atoms with Gasteiger partial charge in [0, 0.05) is 0 Å². The number of aliphatic hydroxyl groups is 1. The Balaban J connectivity index is 1.85. The average Bonchev–Trinajstić information content (AvgIpc) is 3.35. The van der Waals surface area contributed by atoms with E-state index in [1.54, 1.807) is 0 Å². The molecule has 2 aliphatic rings. The van der Waals surface area contributed by atoms with Crippen LogP contribution < -0.4 is 0 Å². The van der Waals surface area contributed by atoms with Gasteiger partial charge in [0.2, 0.25) is 0 Å². The van der Waals surface area contributed by atoms with E-state index >= 15 is 0 Å². The van der Waals surface area contributed by atoms with E-state index < -0.39 is 5.60 Å². The molecule has 122 valence electrons. The van der Waals surface area contributed by atoms with Crippen molar-refractivity contribution in [3.63, 3.8) is 0 Å². The number of rotatable bonds is 5. The summed E-state index contributed by atoms with van der Waals surface area (Å²) in [6.45, 7) is 2.19. The summed E-state index contributed by atoms with van der Waals surface area (Å²) in [5.41, 5.74) is -0.145. The zero-order valence-electron chi connectivity index (χ0n) is 13.9. The first-order valence-electron chi connectivity index (χ1n) is 9.10. The Morgan fingerprint density at radius 3 is 2.83 bits per heavy atom. The lowest BCUT2D eigenvalue weighted by Gasteiger charge is -2.38. The average molecular weight is 310 g/mol. The third-order valence-corrected chi connectivity index (χ3v) is 5.91. The van der Waals surface area contributed by atoms with Crippen molar-refractivity contribution in [2.45, 2.75) is 69.2 Å². The van der Waals surface area contributed by atoms with Gasteiger partial charge in [-0.1, -0.05) is 75.1 Å². The fourth-order valence-corrected chi connectivity index (χ4v) is 4.61. The molecule has 0 aromatic heterocycles. The quantitative estimate of drug-likeness (QED) is 0.794. The molecule has 2 aromatic carbocycles. The van der Waals surface area contributed by atoms with E-state index in [4.69, 9.17) is 4.74 Å². The SMILES string of the molecule is CCCC[C@@](O)(c1cccc2ccccc12)[C@@]12CCCC[C@@H]1O2. The Morgan fingerprint density at radius 1 is 1.17 bits per heavy atom. The van der Waals surface area contributed by atoms with Crippen LogP contribution in [0.5, 0.6) is 0 Å². The predicted octanol–water partition coefficient (Wildman–Crippen LogP) is 4.93. The summed E-state index contributed by atoms with van der Waals surface area (Å²) in [4.78, 5) is 0. The van der Waals surface area contributed by atoms with E-state index in [1.807, 2.05) is 0 Å². The highest BCUT2D eigenvalue weighted by molar-refractivity contribution is 5.86. The number of fused-ring (bicyclic) bond motifs is 2. The molecular weight excluding hydrogens is 284 g/mol. The topological polar surface area (TPSA) is 32.8 Å². The number of hydrogen-bond donors (Lipinski definition) is 1. The van der Waals surface area contributed by atoms with E-state index in [2.05, 4.69) is 49.4 Å². The summed E-state index contributed by atoms with van der Waals surface area (Å²) in [7, 11) is 0. The Hall–Kier alpha value is -1.38. The molecule has 2 fully saturated rings. The number of unbranched alkanes of at least 4 members (excludes halogenated alkanes) is 1. The van der Waals surface area contributed by atoms with Crippen molar-refractivity contribution in [1.82, 2.24) is 0 Å². The lowest BCUT2D eigenvalue weighted by Crippen LogP contribution is -2.45. The normalized spacial score (nSPS) is 29.0. The van der Waals surface area contributed by atoms with Gasteiger partial charge in [-0.05, 0) is 35.6 Å². The summed E-state index contributed by atoms with van der Waals surface area (Å²) < 4.78 is 6.18. The Labute approximate surface area is 138 Å². The first-order valence-corrected chi connectivity index (χ1v) is 9.10. The fourth-order valence-electron chi connectivity index (χ4n) is 4.61. The number of epoxide rings is 1. The second kappa shape index (κ2) is 5.61. The lowest BCUT2D eigenvalue weighted by atomic mass is 9.69. The van der Waals surface area contributed by atoms with Crippen LogP contribution >= 0.6 is 0 Å². The van der Waals surface area contributed by atoms with Crippen LogP contribution in [0.4, 0.5) is 0 Å². The van der Waals surface area contributed by atoms with Crippen LogP contribution in [0.25, 0.3) is 10.8 Å². The largest absolute Gasteiger partial charge is 0.382 e. The van der Waals surface area contributed by atoms with Crippen LogP contribution in [0.2, 0.25) is 0 Å². The maximum absolute atomic E-state index is 11.9. The third-order valence-electron chi connectivity index (χ3n) is 5.91. The van der Waals surface area contributed by atoms with Gasteiger partial charge in [-0.3, -0.25) is 0 Å². The summed E-state index contributed by atoms with van der Waals surface area (Å²) in [6, 6.07) is 14.7. The molecule has 1 N–H and O–H groups in total. The molecule has 1 saturated heterocycles. The van der Waals surface area contributed by atoms with Gasteiger partial charge in [0.1, 0.15) is 11.2 Å². The standard InChI is InChI=1S/C21H26O2/c1-2-3-14-20(22,21-15-7-6-13-19(21)23-21)18-12-8-10-16-9-4-5-11-17(16)18/h4-5,8-12,19,22H,2-3,6-7,13-15H2,1H3/t19-,20+,21+/m0/s1. The van der Waals surface area contributed by atoms with Crippen LogP contribution in [-0.4, -0.2) is 16.8 Å². The van der Waals surface area contributed by atoms with Crippen LogP contribution in [0.1, 0.15) is 57.4 Å². The van der Waals surface area contributed by atoms with Gasteiger partial charge in [-0.25, -0.2) is 0 Å². The van der Waals surface area contributed by atoms with Crippen LogP contribution in [0.15, 0.2) is 42.5 Å². The molecule has 1 aliphatic heterocycles. The van der Waals surface area contributed by atoms with Crippen molar-refractivity contribution in [3.05, 3.63) is 48.0 Å². The molecule has 2 nitrogen and oxygen atoms in total. The molecule has 4 rings (SSSR count). The number of ether oxygens (including phenoxy) is 1. The molecule has 0 amide bonds. The van der Waals surface area contributed by atoms with Crippen LogP contribution in [0, 0.1) is 0 Å². The van der Waals surface area contributed by atoms with Gasteiger partial charge in [0.05, 0.1) is 6.10 Å². The van der Waals surface area contributed by atoms with Crippen molar-refractivity contribution >= 4 is 10.8 Å². The van der Waals surface area contributed by atoms with Gasteiger partial charge >= 0.3 is 0 Å². The van der Waals surface area contributed by atoms with Crippen molar-refractivity contribution in [2.75, 3.05) is 0 Å². The third kappa shape index (κ3) is 2.23. The van der Waals surface area contributed by atoms with Gasteiger partial charge < -0.3 is 9.84 Å². The smallest absolute Gasteiger partial charge is 0.127 e. The van der Waals surface area contributed by atoms with Gasteiger partial charge in [-0.2, -0.15) is 0 Å². The molecule has 23 heavy (non-hydrogen) atoms. The molecule has 2 heteroatoms. The van der Waals surface area contributed by atoms with E-state index in [9.17, 15) is 5.11 Å². The van der Waals surface area contributed by atoms with E-state index in [0.29, 0.717) is 0 Å². The highest BCUT2D eigenvalue weighted by atomic mass is 16.6. The number of hydrogen-bond acceptors (Lipinski definition) is 2. The van der Waals surface area contributed by atoms with Crippen molar-refractivity contribution in [2.24, 2.45) is 0 Å². The maximum atomic E-state index is 11.9. The molecule has 0 spiro atoms. The molecule has 3 atom stereocenters. The fraction of sp³-hybridized carbons (Fsp3) is 0.524. The molecule has 0 radical (unpaired) electrons. The Kier molecular flexibility index (Phi) is 3.70. The molecule has 2 aromatic rings. The first kappa shape index (κ1) is 15.2. The van der Waals surface area contributed by atoms with Gasteiger partial charge in [0.15, 0.2) is 0 Å². The minimum absolute atomic E-state index is 0.247. The molecular formula is C21H26O2. The first-order chi connectivity index (χ1) is 11.2. The number of benzene rings is 2. The zero-order valence-corrected chi connectivity index (χ0v) is 13.9. The molecule has 1 heterocycles. The van der Waals surface area contributed by atoms with Gasteiger partial charge in [-0.15, -0.1) is 0 Å². The molecule has 0 unspecified atom stereocenters. The summed E-state index contributed by atoms with van der Waals surface area (Å²) >= 11 is 0.